The number of rotatable bonds is 6. The number of benzene rings is 2. The van der Waals surface area contributed by atoms with E-state index in [1.807, 2.05) is 60.4 Å². The first-order valence-electron chi connectivity index (χ1n) is 10.2. The van der Waals surface area contributed by atoms with Crippen LogP contribution in [0.15, 0.2) is 59.1 Å². The number of amides is 1. The Morgan fingerprint density at radius 1 is 1.20 bits per heavy atom. The molecule has 0 N–H and O–H groups in total. The summed E-state index contributed by atoms with van der Waals surface area (Å²) in [5, 5.41) is 0.718. The number of hydrogen-bond donors (Lipinski definition) is 0. The summed E-state index contributed by atoms with van der Waals surface area (Å²) in [6.07, 6.45) is 4.34. The van der Waals surface area contributed by atoms with E-state index in [1.54, 1.807) is 6.20 Å². The Hall–Kier alpha value is -2.79. The predicted molar refractivity (Wildman–Crippen MR) is 116 cm³/mol. The van der Waals surface area contributed by atoms with E-state index in [4.69, 9.17) is 20.8 Å². The number of likely N-dealkylation sites (tertiary alicyclic amines) is 1. The van der Waals surface area contributed by atoms with E-state index in [0.717, 1.165) is 41.3 Å². The molecule has 1 atom stereocenters. The number of oxazole rings is 1. The number of carbonyl (C=O) groups excluding carboxylic acids is 1. The van der Waals surface area contributed by atoms with Gasteiger partial charge in [-0.3, -0.25) is 4.79 Å². The lowest BCUT2D eigenvalue weighted by molar-refractivity contribution is -0.134. The molecule has 1 saturated heterocycles. The van der Waals surface area contributed by atoms with E-state index < -0.39 is 0 Å². The molecule has 0 aliphatic carbocycles. The molecule has 30 heavy (non-hydrogen) atoms. The molecule has 0 unspecified atom stereocenters. The highest BCUT2D eigenvalue weighted by atomic mass is 35.5. The van der Waals surface area contributed by atoms with Gasteiger partial charge in [-0.15, -0.1) is 0 Å². The fourth-order valence-corrected chi connectivity index (χ4v) is 3.80. The molecule has 2 aromatic carbocycles. The maximum absolute atomic E-state index is 12.6. The Labute approximate surface area is 181 Å². The largest absolute Gasteiger partial charge is 0.484 e. The van der Waals surface area contributed by atoms with Crippen molar-refractivity contribution in [1.82, 2.24) is 9.88 Å². The van der Waals surface area contributed by atoms with Crippen molar-refractivity contribution in [2.75, 3.05) is 19.7 Å². The third-order valence-corrected chi connectivity index (χ3v) is 5.62. The van der Waals surface area contributed by atoms with Crippen LogP contribution in [-0.2, 0) is 11.2 Å². The molecule has 1 amide bonds. The quantitative estimate of drug-likeness (QED) is 0.558. The van der Waals surface area contributed by atoms with Crippen LogP contribution in [0.1, 0.15) is 41.5 Å². The molecule has 6 heteroatoms. The number of piperidine rings is 1. The van der Waals surface area contributed by atoms with Crippen LogP contribution < -0.4 is 4.74 Å². The van der Waals surface area contributed by atoms with E-state index in [0.29, 0.717) is 24.6 Å². The lowest BCUT2D eigenvalue weighted by atomic mass is 9.98. The monoisotopic (exact) mass is 424 g/mol. The summed E-state index contributed by atoms with van der Waals surface area (Å²) in [7, 11) is 0. The summed E-state index contributed by atoms with van der Waals surface area (Å²) in [5.74, 6) is 2.34. The number of hydrogen-bond acceptors (Lipinski definition) is 4. The highest BCUT2D eigenvalue weighted by Crippen LogP contribution is 2.27. The Morgan fingerprint density at radius 3 is 2.73 bits per heavy atom. The van der Waals surface area contributed by atoms with Crippen LogP contribution in [0.25, 0.3) is 0 Å². The van der Waals surface area contributed by atoms with Gasteiger partial charge < -0.3 is 14.1 Å². The van der Waals surface area contributed by atoms with Gasteiger partial charge in [0.1, 0.15) is 11.5 Å². The van der Waals surface area contributed by atoms with Gasteiger partial charge in [-0.05, 0) is 49.6 Å². The number of halogens is 1. The summed E-state index contributed by atoms with van der Waals surface area (Å²) in [6, 6.07) is 15.4. The second kappa shape index (κ2) is 9.35. The molecule has 0 spiro atoms. The van der Waals surface area contributed by atoms with Gasteiger partial charge in [-0.2, -0.15) is 0 Å². The van der Waals surface area contributed by atoms with E-state index in [9.17, 15) is 4.79 Å². The van der Waals surface area contributed by atoms with Gasteiger partial charge in [0.2, 0.25) is 0 Å². The topological polar surface area (TPSA) is 55.6 Å². The number of aryl methyl sites for hydroxylation is 1. The van der Waals surface area contributed by atoms with Gasteiger partial charge in [0.05, 0.1) is 12.1 Å². The maximum Gasteiger partial charge on any atom is 0.260 e. The number of aromatic nitrogens is 1. The molecular formula is C24H25ClN2O3. The van der Waals surface area contributed by atoms with Crippen LogP contribution in [0.2, 0.25) is 5.02 Å². The normalized spacial score (nSPS) is 16.5. The zero-order valence-electron chi connectivity index (χ0n) is 17.0. The van der Waals surface area contributed by atoms with Crippen molar-refractivity contribution < 1.29 is 13.9 Å². The molecule has 0 radical (unpaired) electrons. The second-order valence-electron chi connectivity index (χ2n) is 7.75. The lowest BCUT2D eigenvalue weighted by Crippen LogP contribution is -2.41. The third kappa shape index (κ3) is 5.22. The molecule has 2 heterocycles. The standard InChI is InChI=1S/C24H25ClN2O3/c1-17-4-10-21(11-5-17)29-16-23(28)27-12-2-3-19(15-27)24-26-14-22(30-24)13-18-6-8-20(25)9-7-18/h4-11,14,19H,2-3,12-13,15-16H2,1H3/t19-/m1/s1. The van der Waals surface area contributed by atoms with Crippen molar-refractivity contribution in [2.45, 2.75) is 32.1 Å². The Balaban J connectivity index is 1.33. The molecule has 1 fully saturated rings. The molecule has 0 saturated carbocycles. The van der Waals surface area contributed by atoms with Gasteiger partial charge in [0.15, 0.2) is 12.5 Å². The Kier molecular flexibility index (Phi) is 6.38. The minimum absolute atomic E-state index is 0.00628. The van der Waals surface area contributed by atoms with Crippen molar-refractivity contribution in [3.05, 3.63) is 82.5 Å². The first-order chi connectivity index (χ1) is 14.6. The minimum Gasteiger partial charge on any atom is -0.484 e. The second-order valence-corrected chi connectivity index (χ2v) is 8.19. The van der Waals surface area contributed by atoms with E-state index in [2.05, 4.69) is 4.98 Å². The van der Waals surface area contributed by atoms with Crippen LogP contribution in [0, 0.1) is 6.92 Å². The SMILES string of the molecule is Cc1ccc(OCC(=O)N2CCC[C@@H](c3ncc(Cc4ccc(Cl)cc4)o3)C2)cc1. The average molecular weight is 425 g/mol. The summed E-state index contributed by atoms with van der Waals surface area (Å²) >= 11 is 5.95. The highest BCUT2D eigenvalue weighted by Gasteiger charge is 2.28. The smallest absolute Gasteiger partial charge is 0.260 e. The number of carbonyl (C=O) groups is 1. The van der Waals surface area contributed by atoms with Crippen molar-refractivity contribution in [1.29, 1.82) is 0 Å². The van der Waals surface area contributed by atoms with Crippen LogP contribution in [0.3, 0.4) is 0 Å². The minimum atomic E-state index is -0.00628. The van der Waals surface area contributed by atoms with Crippen molar-refractivity contribution in [3.63, 3.8) is 0 Å². The first kappa shape index (κ1) is 20.5. The molecule has 3 aromatic rings. The van der Waals surface area contributed by atoms with Gasteiger partial charge in [-0.1, -0.05) is 41.4 Å². The van der Waals surface area contributed by atoms with Crippen LogP contribution in [0.4, 0.5) is 0 Å². The van der Waals surface area contributed by atoms with Gasteiger partial charge >= 0.3 is 0 Å². The van der Waals surface area contributed by atoms with Crippen molar-refractivity contribution >= 4 is 17.5 Å². The van der Waals surface area contributed by atoms with E-state index >= 15 is 0 Å². The fraction of sp³-hybridized carbons (Fsp3) is 0.333. The summed E-state index contributed by atoms with van der Waals surface area (Å²) < 4.78 is 11.7. The Morgan fingerprint density at radius 2 is 1.97 bits per heavy atom. The molecular weight excluding hydrogens is 400 g/mol. The molecule has 5 nitrogen and oxygen atoms in total. The van der Waals surface area contributed by atoms with Crippen LogP contribution in [0.5, 0.6) is 5.75 Å². The summed E-state index contributed by atoms with van der Waals surface area (Å²) in [5.41, 5.74) is 2.28. The Bertz CT molecular complexity index is 982. The molecule has 0 bridgehead atoms. The van der Waals surface area contributed by atoms with Gasteiger partial charge in [-0.25, -0.2) is 4.98 Å². The zero-order valence-corrected chi connectivity index (χ0v) is 17.8. The molecule has 4 rings (SSSR count). The van der Waals surface area contributed by atoms with Gasteiger partial charge in [0.25, 0.3) is 5.91 Å². The predicted octanol–water partition coefficient (Wildman–Crippen LogP) is 5.01. The lowest BCUT2D eigenvalue weighted by Gasteiger charge is -2.31. The zero-order chi connectivity index (χ0) is 20.9. The molecule has 156 valence electrons. The van der Waals surface area contributed by atoms with Crippen LogP contribution in [-0.4, -0.2) is 35.5 Å². The fourth-order valence-electron chi connectivity index (χ4n) is 3.67. The molecule has 1 aromatic heterocycles. The van der Waals surface area contributed by atoms with E-state index in [-0.39, 0.29) is 18.4 Å². The molecule has 1 aliphatic rings. The first-order valence-corrected chi connectivity index (χ1v) is 10.6. The highest BCUT2D eigenvalue weighted by molar-refractivity contribution is 6.30. The number of ether oxygens (including phenoxy) is 1. The summed E-state index contributed by atoms with van der Waals surface area (Å²) in [4.78, 5) is 19.0. The molecule has 1 aliphatic heterocycles. The number of nitrogens with zero attached hydrogens (tertiary/aromatic N) is 2. The van der Waals surface area contributed by atoms with Gasteiger partial charge in [0, 0.05) is 24.5 Å². The van der Waals surface area contributed by atoms with Crippen molar-refractivity contribution in [2.24, 2.45) is 0 Å². The third-order valence-electron chi connectivity index (χ3n) is 5.37. The van der Waals surface area contributed by atoms with Crippen LogP contribution >= 0.6 is 11.6 Å². The maximum atomic E-state index is 12.6. The van der Waals surface area contributed by atoms with Crippen molar-refractivity contribution in [3.8, 4) is 5.75 Å². The summed E-state index contributed by atoms with van der Waals surface area (Å²) in [6.45, 7) is 3.41. The average Bonchev–Trinajstić information content (AvgIpc) is 3.23. The van der Waals surface area contributed by atoms with E-state index in [1.165, 1.54) is 0 Å².